The number of hydrogen-bond acceptors (Lipinski definition) is 7. The lowest BCUT2D eigenvalue weighted by molar-refractivity contribution is -0.0489. The summed E-state index contributed by atoms with van der Waals surface area (Å²) < 4.78 is 5.41. The first kappa shape index (κ1) is 29.2. The molecular weight excluding hydrogens is 517 g/mol. The molecule has 0 bridgehead atoms. The number of hydroxylamine groups is 2. The van der Waals surface area contributed by atoms with Crippen molar-refractivity contribution in [2.45, 2.75) is 70.0 Å². The van der Waals surface area contributed by atoms with Crippen LogP contribution in [0.15, 0.2) is 18.2 Å². The zero-order valence-electron chi connectivity index (χ0n) is 21.1. The number of hydrogen-bond donors (Lipinski definition) is 4. The monoisotopic (exact) mass is 553 g/mol. The number of amides is 1. The Morgan fingerprint density at radius 2 is 1.76 bits per heavy atom. The lowest BCUT2D eigenvalue weighted by Crippen LogP contribution is -2.52. The molecule has 5 rings (SSSR count). The van der Waals surface area contributed by atoms with Crippen molar-refractivity contribution >= 4 is 53.4 Å². The third kappa shape index (κ3) is 7.13. The van der Waals surface area contributed by atoms with Crippen LogP contribution in [0.25, 0.3) is 10.9 Å². The molecule has 1 aromatic carbocycles. The fraction of sp³-hybridized carbons (Fsp3) is 0.600. The molecule has 3 heterocycles. The standard InChI is InChI=1S/C25H35N7O3.2ClH/c1-16-7-8-19-18(15-16)22(31-23(28-19)24(33)27-17-9-13-34-14-10-17)29-20-5-2-3-6-21(20)30-25(26)32-11-4-12-35-32;;/h7-8,15,17,20-21H,2-6,9-14H2,1H3,(H2,26,30)(H,27,33)(H,28,29,31);2*1H/t20-,21+;;/m0../s1. The molecule has 10 nitrogen and oxygen atoms in total. The van der Waals surface area contributed by atoms with Gasteiger partial charge in [0.1, 0.15) is 5.82 Å². The molecule has 4 N–H and O–H groups in total. The van der Waals surface area contributed by atoms with Crippen molar-refractivity contribution in [3.63, 3.8) is 0 Å². The summed E-state index contributed by atoms with van der Waals surface area (Å²) in [7, 11) is 0. The number of aromatic nitrogens is 2. The maximum atomic E-state index is 13.1. The van der Waals surface area contributed by atoms with Crippen LogP contribution in [0.1, 0.15) is 61.1 Å². The Bertz CT molecular complexity index is 1080. The lowest BCUT2D eigenvalue weighted by atomic mass is 9.90. The number of carbonyl (C=O) groups is 1. The van der Waals surface area contributed by atoms with Crippen molar-refractivity contribution in [3.8, 4) is 0 Å². The molecule has 2 aliphatic heterocycles. The summed E-state index contributed by atoms with van der Waals surface area (Å²) in [5.74, 6) is 0.891. The van der Waals surface area contributed by atoms with Gasteiger partial charge in [0.15, 0.2) is 0 Å². The Labute approximate surface area is 229 Å². The molecular formula is C25H37Cl2N7O3. The van der Waals surface area contributed by atoms with Crippen molar-refractivity contribution in [3.05, 3.63) is 29.6 Å². The van der Waals surface area contributed by atoms with E-state index in [4.69, 9.17) is 20.0 Å². The first-order chi connectivity index (χ1) is 17.1. The average Bonchev–Trinajstić information content (AvgIpc) is 3.41. The number of ether oxygens (including phenoxy) is 1. The van der Waals surface area contributed by atoms with Gasteiger partial charge in [-0.3, -0.25) is 15.0 Å². The van der Waals surface area contributed by atoms with Crippen LogP contribution in [-0.2, 0) is 9.57 Å². The SMILES string of the molecule is Cc1ccc2nc(C(=O)NC3CCOCC3)nc(N[C@H]3CCCC[C@H]3NC(=N)N3CCCO3)c2c1.Cl.Cl. The molecule has 37 heavy (non-hydrogen) atoms. The van der Waals surface area contributed by atoms with Crippen LogP contribution in [0.2, 0.25) is 0 Å². The van der Waals surface area contributed by atoms with Crippen LogP contribution in [0.5, 0.6) is 0 Å². The molecule has 12 heteroatoms. The van der Waals surface area contributed by atoms with E-state index in [1.807, 2.05) is 19.1 Å². The largest absolute Gasteiger partial charge is 0.381 e. The number of nitrogens with zero attached hydrogens (tertiary/aromatic N) is 3. The van der Waals surface area contributed by atoms with Gasteiger partial charge in [-0.1, -0.05) is 24.5 Å². The van der Waals surface area contributed by atoms with Crippen molar-refractivity contribution < 1.29 is 14.4 Å². The molecule has 0 unspecified atom stereocenters. The van der Waals surface area contributed by atoms with Gasteiger partial charge in [0.2, 0.25) is 11.8 Å². The van der Waals surface area contributed by atoms with Gasteiger partial charge >= 0.3 is 0 Å². The minimum absolute atomic E-state index is 0. The Morgan fingerprint density at radius 3 is 2.49 bits per heavy atom. The van der Waals surface area contributed by atoms with Crippen molar-refractivity contribution in [1.82, 2.24) is 25.7 Å². The van der Waals surface area contributed by atoms with Gasteiger partial charge in [0.05, 0.1) is 18.7 Å². The average molecular weight is 555 g/mol. The zero-order chi connectivity index (χ0) is 24.2. The number of halogens is 2. The molecule has 204 valence electrons. The Balaban J connectivity index is 0.00000190. The quantitative estimate of drug-likeness (QED) is 0.327. The predicted octanol–water partition coefficient (Wildman–Crippen LogP) is 3.58. The van der Waals surface area contributed by atoms with E-state index >= 15 is 0 Å². The number of benzene rings is 1. The van der Waals surface area contributed by atoms with Crippen LogP contribution in [0.4, 0.5) is 5.82 Å². The van der Waals surface area contributed by atoms with Crippen LogP contribution in [0, 0.1) is 12.3 Å². The molecule has 0 radical (unpaired) electrons. The highest BCUT2D eigenvalue weighted by Gasteiger charge is 2.29. The third-order valence-electron chi connectivity index (χ3n) is 7.02. The normalized spacial score (nSPS) is 22.0. The number of rotatable bonds is 5. The van der Waals surface area contributed by atoms with Crippen LogP contribution in [0.3, 0.4) is 0 Å². The van der Waals surface area contributed by atoms with E-state index in [2.05, 4.69) is 27.0 Å². The summed E-state index contributed by atoms with van der Waals surface area (Å²) in [6.45, 7) is 4.74. The van der Waals surface area contributed by atoms with E-state index in [0.29, 0.717) is 31.6 Å². The van der Waals surface area contributed by atoms with Gasteiger partial charge in [-0.05, 0) is 51.2 Å². The highest BCUT2D eigenvalue weighted by molar-refractivity contribution is 5.96. The van der Waals surface area contributed by atoms with Crippen LogP contribution >= 0.6 is 24.8 Å². The lowest BCUT2D eigenvalue weighted by Gasteiger charge is -2.35. The summed E-state index contributed by atoms with van der Waals surface area (Å²) >= 11 is 0. The predicted molar refractivity (Wildman–Crippen MR) is 148 cm³/mol. The van der Waals surface area contributed by atoms with Gasteiger partial charge in [0, 0.05) is 36.7 Å². The number of guanidine groups is 1. The smallest absolute Gasteiger partial charge is 0.289 e. The van der Waals surface area contributed by atoms with Gasteiger partial charge in [-0.2, -0.15) is 0 Å². The Hall–Kier alpha value is -2.40. The second-order valence-corrected chi connectivity index (χ2v) is 9.70. The fourth-order valence-electron chi connectivity index (χ4n) is 5.07. The number of anilines is 1. The maximum Gasteiger partial charge on any atom is 0.289 e. The molecule has 1 saturated carbocycles. The van der Waals surface area contributed by atoms with Crippen LogP contribution in [-0.4, -0.2) is 71.4 Å². The summed E-state index contributed by atoms with van der Waals surface area (Å²) in [6, 6.07) is 6.21. The third-order valence-corrected chi connectivity index (χ3v) is 7.02. The molecule has 0 spiro atoms. The molecule has 2 aromatic rings. The second kappa shape index (κ2) is 13.4. The molecule has 2 saturated heterocycles. The van der Waals surface area contributed by atoms with Crippen molar-refractivity contribution in [2.75, 3.05) is 31.7 Å². The molecule has 1 amide bonds. The van der Waals surface area contributed by atoms with E-state index in [0.717, 1.165) is 68.0 Å². The second-order valence-electron chi connectivity index (χ2n) is 9.70. The molecule has 3 aliphatic rings. The molecule has 1 aromatic heterocycles. The Morgan fingerprint density at radius 1 is 1.00 bits per heavy atom. The number of carbonyl (C=O) groups excluding carboxylic acids is 1. The zero-order valence-corrected chi connectivity index (χ0v) is 22.8. The van der Waals surface area contributed by atoms with E-state index in [9.17, 15) is 4.79 Å². The maximum absolute atomic E-state index is 13.1. The van der Waals surface area contributed by atoms with E-state index in [1.54, 1.807) is 5.06 Å². The number of nitrogens with one attached hydrogen (secondary N) is 4. The first-order valence-corrected chi connectivity index (χ1v) is 12.8. The Kier molecular flexibility index (Phi) is 10.6. The minimum atomic E-state index is -0.256. The first-order valence-electron chi connectivity index (χ1n) is 12.8. The molecule has 2 atom stereocenters. The van der Waals surface area contributed by atoms with E-state index < -0.39 is 0 Å². The van der Waals surface area contributed by atoms with E-state index in [1.165, 1.54) is 0 Å². The van der Waals surface area contributed by atoms with Crippen LogP contribution < -0.4 is 16.0 Å². The fourth-order valence-corrected chi connectivity index (χ4v) is 5.07. The molecule has 3 fully saturated rings. The summed E-state index contributed by atoms with van der Waals surface area (Å²) in [5, 5.41) is 21.0. The van der Waals surface area contributed by atoms with Gasteiger partial charge in [-0.25, -0.2) is 15.0 Å². The summed E-state index contributed by atoms with van der Waals surface area (Å²) in [4.78, 5) is 27.9. The van der Waals surface area contributed by atoms with E-state index in [-0.39, 0.29) is 54.7 Å². The van der Waals surface area contributed by atoms with Crippen molar-refractivity contribution in [1.29, 1.82) is 5.41 Å². The summed E-state index contributed by atoms with van der Waals surface area (Å²) in [5.41, 5.74) is 1.85. The highest BCUT2D eigenvalue weighted by Crippen LogP contribution is 2.27. The van der Waals surface area contributed by atoms with Gasteiger partial charge < -0.3 is 20.7 Å². The topological polar surface area (TPSA) is 124 Å². The highest BCUT2D eigenvalue weighted by atomic mass is 35.5. The minimum Gasteiger partial charge on any atom is -0.381 e. The van der Waals surface area contributed by atoms with Crippen molar-refractivity contribution in [2.24, 2.45) is 0 Å². The summed E-state index contributed by atoms with van der Waals surface area (Å²) in [6.07, 6.45) is 6.63. The number of fused-ring (bicyclic) bond motifs is 1. The van der Waals surface area contributed by atoms with Gasteiger partial charge in [-0.15, -0.1) is 24.8 Å². The molecule has 1 aliphatic carbocycles. The number of aryl methyl sites for hydroxylation is 1. The van der Waals surface area contributed by atoms with Gasteiger partial charge in [0.25, 0.3) is 5.91 Å².